The maximum absolute atomic E-state index is 11.7. The van der Waals surface area contributed by atoms with Crippen molar-refractivity contribution < 1.29 is 14.3 Å². The van der Waals surface area contributed by atoms with Gasteiger partial charge in [0.15, 0.2) is 11.2 Å². The summed E-state index contributed by atoms with van der Waals surface area (Å²) in [5, 5.41) is 0. The highest BCUT2D eigenvalue weighted by Crippen LogP contribution is 2.35. The Bertz CT molecular complexity index is 397. The summed E-state index contributed by atoms with van der Waals surface area (Å²) in [6.07, 6.45) is 0.450. The van der Waals surface area contributed by atoms with Gasteiger partial charge >= 0.3 is 5.97 Å². The van der Waals surface area contributed by atoms with Gasteiger partial charge in [-0.2, -0.15) is 0 Å². The van der Waals surface area contributed by atoms with Crippen LogP contribution in [-0.2, 0) is 19.7 Å². The van der Waals surface area contributed by atoms with Crippen LogP contribution in [0, 0.1) is 0 Å². The molecule has 3 nitrogen and oxygen atoms in total. The molecule has 0 bridgehead atoms. The third kappa shape index (κ3) is 1.35. The standard InChI is InChI=1S/C12H12O3/c1-9(13)12(7-8-15-11(12)14)10-5-3-2-4-6-10/h2-6H,7-8H2,1H3. The number of esters is 1. The first-order valence-corrected chi connectivity index (χ1v) is 4.92. The summed E-state index contributed by atoms with van der Waals surface area (Å²) in [6.45, 7) is 1.77. The number of hydrogen-bond acceptors (Lipinski definition) is 3. The minimum Gasteiger partial charge on any atom is -0.465 e. The maximum Gasteiger partial charge on any atom is 0.324 e. The summed E-state index contributed by atoms with van der Waals surface area (Å²) in [6, 6.07) is 9.11. The molecule has 1 heterocycles. The molecule has 1 aromatic rings. The fourth-order valence-electron chi connectivity index (χ4n) is 2.03. The summed E-state index contributed by atoms with van der Waals surface area (Å²) in [4.78, 5) is 23.4. The lowest BCUT2D eigenvalue weighted by molar-refractivity contribution is -0.146. The van der Waals surface area contributed by atoms with Crippen LogP contribution in [0.1, 0.15) is 18.9 Å². The van der Waals surface area contributed by atoms with Crippen LogP contribution in [0.3, 0.4) is 0 Å². The number of benzene rings is 1. The lowest BCUT2D eigenvalue weighted by atomic mass is 9.76. The molecule has 1 saturated heterocycles. The second-order valence-electron chi connectivity index (χ2n) is 3.71. The van der Waals surface area contributed by atoms with Crippen molar-refractivity contribution in [3.05, 3.63) is 35.9 Å². The quantitative estimate of drug-likeness (QED) is 0.541. The largest absolute Gasteiger partial charge is 0.465 e. The van der Waals surface area contributed by atoms with E-state index in [0.717, 1.165) is 5.56 Å². The first-order chi connectivity index (χ1) is 7.18. The van der Waals surface area contributed by atoms with Crippen LogP contribution in [0.2, 0.25) is 0 Å². The van der Waals surface area contributed by atoms with Crippen LogP contribution >= 0.6 is 0 Å². The molecule has 0 N–H and O–H groups in total. The van der Waals surface area contributed by atoms with Crippen LogP contribution in [0.15, 0.2) is 30.3 Å². The van der Waals surface area contributed by atoms with Gasteiger partial charge in [-0.3, -0.25) is 9.59 Å². The van der Waals surface area contributed by atoms with Gasteiger partial charge in [0.05, 0.1) is 6.61 Å². The minimum absolute atomic E-state index is 0.142. The van der Waals surface area contributed by atoms with Crippen molar-refractivity contribution in [2.24, 2.45) is 0 Å². The maximum atomic E-state index is 11.7. The molecule has 0 aliphatic carbocycles. The Kier molecular flexibility index (Phi) is 2.31. The van der Waals surface area contributed by atoms with Crippen LogP contribution in [0.4, 0.5) is 0 Å². The molecule has 15 heavy (non-hydrogen) atoms. The molecule has 0 spiro atoms. The first-order valence-electron chi connectivity index (χ1n) is 4.92. The second-order valence-corrected chi connectivity index (χ2v) is 3.71. The van der Waals surface area contributed by atoms with Gasteiger partial charge in [0.1, 0.15) is 0 Å². The zero-order valence-electron chi connectivity index (χ0n) is 8.53. The number of ketones is 1. The normalized spacial score (nSPS) is 25.0. The van der Waals surface area contributed by atoms with E-state index in [0.29, 0.717) is 13.0 Å². The van der Waals surface area contributed by atoms with Crippen molar-refractivity contribution in [3.63, 3.8) is 0 Å². The molecule has 0 radical (unpaired) electrons. The Morgan fingerprint density at radius 1 is 1.33 bits per heavy atom. The molecule has 0 aromatic heterocycles. The summed E-state index contributed by atoms with van der Waals surface area (Å²) in [5.41, 5.74) is -0.318. The number of ether oxygens (including phenoxy) is 1. The molecule has 1 aromatic carbocycles. The molecule has 78 valence electrons. The van der Waals surface area contributed by atoms with Gasteiger partial charge in [-0.05, 0) is 12.5 Å². The van der Waals surface area contributed by atoms with Crippen molar-refractivity contribution >= 4 is 11.8 Å². The van der Waals surface area contributed by atoms with Gasteiger partial charge in [0, 0.05) is 6.42 Å². The summed E-state index contributed by atoms with van der Waals surface area (Å²) < 4.78 is 4.92. The lowest BCUT2D eigenvalue weighted by Gasteiger charge is -2.21. The molecule has 0 saturated carbocycles. The topological polar surface area (TPSA) is 43.4 Å². The van der Waals surface area contributed by atoms with Crippen molar-refractivity contribution in [2.45, 2.75) is 18.8 Å². The Balaban J connectivity index is 2.53. The van der Waals surface area contributed by atoms with Crippen molar-refractivity contribution in [3.8, 4) is 0 Å². The van der Waals surface area contributed by atoms with Gasteiger partial charge in [0.25, 0.3) is 0 Å². The predicted molar refractivity (Wildman–Crippen MR) is 54.4 cm³/mol. The van der Waals surface area contributed by atoms with Gasteiger partial charge < -0.3 is 4.74 Å². The Morgan fingerprint density at radius 2 is 2.00 bits per heavy atom. The summed E-state index contributed by atoms with van der Waals surface area (Å²) >= 11 is 0. The number of cyclic esters (lactones) is 1. The lowest BCUT2D eigenvalue weighted by Crippen LogP contribution is -2.38. The highest BCUT2D eigenvalue weighted by atomic mass is 16.5. The van der Waals surface area contributed by atoms with E-state index in [1.54, 1.807) is 12.1 Å². The molecule has 1 atom stereocenters. The van der Waals surface area contributed by atoms with E-state index in [2.05, 4.69) is 0 Å². The summed E-state index contributed by atoms with van der Waals surface area (Å²) in [5.74, 6) is -0.558. The third-order valence-electron chi connectivity index (χ3n) is 2.93. The van der Waals surface area contributed by atoms with E-state index in [4.69, 9.17) is 4.74 Å². The number of Topliss-reactive ketones (excluding diaryl/α,β-unsaturated/α-hetero) is 1. The van der Waals surface area contributed by atoms with Gasteiger partial charge in [-0.15, -0.1) is 0 Å². The van der Waals surface area contributed by atoms with E-state index in [1.807, 2.05) is 18.2 Å². The highest BCUT2D eigenvalue weighted by molar-refractivity contribution is 6.09. The number of carbonyl (C=O) groups is 2. The molecule has 2 rings (SSSR count). The SMILES string of the molecule is CC(=O)C1(c2ccccc2)CCOC1=O. The molecular formula is C12H12O3. The second kappa shape index (κ2) is 3.50. The zero-order chi connectivity index (χ0) is 10.9. The fraction of sp³-hybridized carbons (Fsp3) is 0.333. The molecule has 1 aliphatic heterocycles. The number of hydrogen-bond donors (Lipinski definition) is 0. The van der Waals surface area contributed by atoms with E-state index in [1.165, 1.54) is 6.92 Å². The predicted octanol–water partition coefficient (Wildman–Crippen LogP) is 1.46. The van der Waals surface area contributed by atoms with E-state index >= 15 is 0 Å². The molecule has 1 unspecified atom stereocenters. The van der Waals surface area contributed by atoms with E-state index in [-0.39, 0.29) is 5.78 Å². The molecule has 3 heteroatoms. The monoisotopic (exact) mass is 204 g/mol. The number of carbonyl (C=O) groups excluding carboxylic acids is 2. The highest BCUT2D eigenvalue weighted by Gasteiger charge is 2.50. The average Bonchev–Trinajstić information content (AvgIpc) is 2.62. The van der Waals surface area contributed by atoms with Crippen molar-refractivity contribution in [2.75, 3.05) is 6.61 Å². The van der Waals surface area contributed by atoms with Crippen LogP contribution in [-0.4, -0.2) is 18.4 Å². The fourth-order valence-corrected chi connectivity index (χ4v) is 2.03. The van der Waals surface area contributed by atoms with E-state index in [9.17, 15) is 9.59 Å². The van der Waals surface area contributed by atoms with Crippen molar-refractivity contribution in [1.29, 1.82) is 0 Å². The summed E-state index contributed by atoms with van der Waals surface area (Å²) in [7, 11) is 0. The minimum atomic E-state index is -1.05. The first kappa shape index (κ1) is 9.90. The van der Waals surface area contributed by atoms with Crippen molar-refractivity contribution in [1.82, 2.24) is 0 Å². The molecule has 1 fully saturated rings. The zero-order valence-corrected chi connectivity index (χ0v) is 8.53. The molecule has 1 aliphatic rings. The van der Waals surface area contributed by atoms with Gasteiger partial charge in [-0.1, -0.05) is 30.3 Å². The number of rotatable bonds is 2. The Labute approximate surface area is 88.1 Å². The van der Waals surface area contributed by atoms with E-state index < -0.39 is 11.4 Å². The van der Waals surface area contributed by atoms with Gasteiger partial charge in [-0.25, -0.2) is 0 Å². The third-order valence-corrected chi connectivity index (χ3v) is 2.93. The van der Waals surface area contributed by atoms with Crippen LogP contribution in [0.5, 0.6) is 0 Å². The van der Waals surface area contributed by atoms with Crippen LogP contribution < -0.4 is 0 Å². The molecule has 0 amide bonds. The van der Waals surface area contributed by atoms with Gasteiger partial charge in [0.2, 0.25) is 0 Å². The Morgan fingerprint density at radius 3 is 2.47 bits per heavy atom. The Hall–Kier alpha value is -1.64. The molecular weight excluding hydrogens is 192 g/mol. The smallest absolute Gasteiger partial charge is 0.324 e. The average molecular weight is 204 g/mol. The van der Waals surface area contributed by atoms with Crippen LogP contribution in [0.25, 0.3) is 0 Å².